The molecule has 0 atom stereocenters. The topological polar surface area (TPSA) is 84.4 Å². The number of ether oxygens (including phenoxy) is 2. The standard InChI is InChI=1S/C17H12N2O4S2/c20-16(21)15-10-3-1-8-6-18-19-14(8)13(10)17(25-15)24-9-2-4-11-12(5-9)23-7-22-11/h2,4-6H,1,3,7H2,(H,18,19)(H,20,21). The summed E-state index contributed by atoms with van der Waals surface area (Å²) < 4.78 is 11.7. The number of H-pyrrole nitrogens is 1. The maximum Gasteiger partial charge on any atom is 0.346 e. The number of carbonyl (C=O) groups is 1. The zero-order valence-corrected chi connectivity index (χ0v) is 14.5. The van der Waals surface area contributed by atoms with Crippen LogP contribution in [-0.2, 0) is 12.8 Å². The maximum atomic E-state index is 11.7. The number of aromatic carboxylic acids is 1. The molecule has 1 aliphatic carbocycles. The number of rotatable bonds is 3. The summed E-state index contributed by atoms with van der Waals surface area (Å²) in [4.78, 5) is 13.1. The molecule has 5 rings (SSSR count). The molecule has 126 valence electrons. The van der Waals surface area contributed by atoms with E-state index in [2.05, 4.69) is 10.2 Å². The van der Waals surface area contributed by atoms with E-state index < -0.39 is 5.97 Å². The molecule has 8 heteroatoms. The molecular formula is C17H12N2O4S2. The molecule has 25 heavy (non-hydrogen) atoms. The minimum absolute atomic E-state index is 0.235. The number of benzene rings is 1. The normalized spacial score (nSPS) is 14.2. The predicted octanol–water partition coefficient (Wildman–Crippen LogP) is 3.81. The van der Waals surface area contributed by atoms with E-state index in [0.29, 0.717) is 4.88 Å². The molecule has 0 radical (unpaired) electrons. The van der Waals surface area contributed by atoms with Crippen molar-refractivity contribution in [2.24, 2.45) is 0 Å². The Morgan fingerprint density at radius 3 is 3.04 bits per heavy atom. The molecule has 2 N–H and O–H groups in total. The lowest BCUT2D eigenvalue weighted by atomic mass is 9.92. The molecule has 2 aliphatic rings. The number of aromatic nitrogens is 2. The average Bonchev–Trinajstić information content (AvgIpc) is 3.31. The van der Waals surface area contributed by atoms with Crippen LogP contribution in [0, 0.1) is 0 Å². The lowest BCUT2D eigenvalue weighted by Crippen LogP contribution is -2.05. The number of carboxylic acids is 1. The highest BCUT2D eigenvalue weighted by molar-refractivity contribution is 8.01. The van der Waals surface area contributed by atoms with E-state index >= 15 is 0 Å². The second kappa shape index (κ2) is 5.53. The first kappa shape index (κ1) is 14.9. The summed E-state index contributed by atoms with van der Waals surface area (Å²) >= 11 is 2.87. The van der Waals surface area contributed by atoms with Gasteiger partial charge in [0.25, 0.3) is 0 Å². The summed E-state index contributed by atoms with van der Waals surface area (Å²) in [7, 11) is 0. The van der Waals surface area contributed by atoms with E-state index in [1.165, 1.54) is 11.3 Å². The van der Waals surface area contributed by atoms with E-state index in [9.17, 15) is 9.90 Å². The number of hydrogen-bond acceptors (Lipinski definition) is 6. The number of fused-ring (bicyclic) bond motifs is 4. The monoisotopic (exact) mass is 372 g/mol. The SMILES string of the molecule is O=C(O)c1sc(Sc2ccc3c(c2)OCO3)c2c1CCc1cn[nH]c1-2. The second-order valence-electron chi connectivity index (χ2n) is 5.76. The van der Waals surface area contributed by atoms with Crippen molar-refractivity contribution in [2.45, 2.75) is 21.9 Å². The van der Waals surface area contributed by atoms with Crippen LogP contribution in [0.4, 0.5) is 0 Å². The van der Waals surface area contributed by atoms with Crippen LogP contribution in [-0.4, -0.2) is 28.1 Å². The Balaban J connectivity index is 1.61. The molecule has 6 nitrogen and oxygen atoms in total. The molecule has 0 fully saturated rings. The summed E-state index contributed by atoms with van der Waals surface area (Å²) in [6.45, 7) is 0.235. The molecule has 1 aliphatic heterocycles. The fourth-order valence-corrected chi connectivity index (χ4v) is 5.68. The van der Waals surface area contributed by atoms with Crippen LogP contribution in [0.1, 0.15) is 20.8 Å². The average molecular weight is 372 g/mol. The summed E-state index contributed by atoms with van der Waals surface area (Å²) in [5, 5.41) is 16.8. The van der Waals surface area contributed by atoms with Crippen LogP contribution < -0.4 is 9.47 Å². The molecular weight excluding hydrogens is 360 g/mol. The Kier molecular flexibility index (Phi) is 3.29. The van der Waals surface area contributed by atoms with Gasteiger partial charge < -0.3 is 14.6 Å². The Morgan fingerprint density at radius 1 is 1.28 bits per heavy atom. The lowest BCUT2D eigenvalue weighted by Gasteiger charge is -2.14. The predicted molar refractivity (Wildman–Crippen MR) is 93.0 cm³/mol. The van der Waals surface area contributed by atoms with E-state index in [-0.39, 0.29) is 6.79 Å². The first-order valence-electron chi connectivity index (χ1n) is 7.70. The number of hydrogen-bond donors (Lipinski definition) is 2. The number of thiophene rings is 1. The van der Waals surface area contributed by atoms with Crippen molar-refractivity contribution >= 4 is 29.1 Å². The van der Waals surface area contributed by atoms with Gasteiger partial charge in [-0.3, -0.25) is 5.10 Å². The fraction of sp³-hybridized carbons (Fsp3) is 0.176. The molecule has 0 spiro atoms. The highest BCUT2D eigenvalue weighted by atomic mass is 32.2. The van der Waals surface area contributed by atoms with Gasteiger partial charge in [-0.1, -0.05) is 11.8 Å². The van der Waals surface area contributed by atoms with E-state index in [0.717, 1.165) is 55.8 Å². The first-order chi connectivity index (χ1) is 12.2. The third-order valence-electron chi connectivity index (χ3n) is 4.34. The summed E-state index contributed by atoms with van der Waals surface area (Å²) in [6.07, 6.45) is 3.36. The number of carboxylic acid groups (broad SMARTS) is 1. The molecule has 0 amide bonds. The Labute approximate surface area is 150 Å². The number of aryl methyl sites for hydroxylation is 1. The van der Waals surface area contributed by atoms with Crippen LogP contribution in [0.3, 0.4) is 0 Å². The minimum Gasteiger partial charge on any atom is -0.477 e. The van der Waals surface area contributed by atoms with Crippen molar-refractivity contribution in [2.75, 3.05) is 6.79 Å². The van der Waals surface area contributed by atoms with E-state index in [1.54, 1.807) is 11.8 Å². The third-order valence-corrected chi connectivity index (χ3v) is 6.73. The van der Waals surface area contributed by atoms with Gasteiger partial charge in [-0.2, -0.15) is 5.10 Å². The van der Waals surface area contributed by atoms with Crippen LogP contribution >= 0.6 is 23.1 Å². The van der Waals surface area contributed by atoms with Gasteiger partial charge in [0.05, 0.1) is 16.1 Å². The Hall–Kier alpha value is -2.45. The van der Waals surface area contributed by atoms with Crippen LogP contribution in [0.5, 0.6) is 11.5 Å². The molecule has 2 aromatic heterocycles. The number of nitrogens with one attached hydrogen (secondary N) is 1. The smallest absolute Gasteiger partial charge is 0.346 e. The van der Waals surface area contributed by atoms with Crippen LogP contribution in [0.25, 0.3) is 11.3 Å². The van der Waals surface area contributed by atoms with Crippen molar-refractivity contribution in [3.05, 3.63) is 40.4 Å². The highest BCUT2D eigenvalue weighted by Gasteiger charge is 2.29. The third kappa shape index (κ3) is 2.32. The van der Waals surface area contributed by atoms with Crippen molar-refractivity contribution in [3.63, 3.8) is 0 Å². The van der Waals surface area contributed by atoms with Gasteiger partial charge in [-0.15, -0.1) is 11.3 Å². The molecule has 0 saturated heterocycles. The molecule has 1 aromatic carbocycles. The van der Waals surface area contributed by atoms with Gasteiger partial charge in [0.2, 0.25) is 6.79 Å². The molecule has 0 saturated carbocycles. The van der Waals surface area contributed by atoms with Crippen molar-refractivity contribution < 1.29 is 19.4 Å². The van der Waals surface area contributed by atoms with Gasteiger partial charge in [0.1, 0.15) is 4.88 Å². The second-order valence-corrected chi connectivity index (χ2v) is 8.13. The summed E-state index contributed by atoms with van der Waals surface area (Å²) in [5.41, 5.74) is 3.95. The fourth-order valence-electron chi connectivity index (χ4n) is 3.20. The van der Waals surface area contributed by atoms with Gasteiger partial charge in [0, 0.05) is 10.5 Å². The summed E-state index contributed by atoms with van der Waals surface area (Å²) in [6, 6.07) is 5.77. The molecule has 3 aromatic rings. The van der Waals surface area contributed by atoms with Crippen LogP contribution in [0.2, 0.25) is 0 Å². The highest BCUT2D eigenvalue weighted by Crippen LogP contribution is 2.49. The van der Waals surface area contributed by atoms with E-state index in [1.807, 2.05) is 24.4 Å². The largest absolute Gasteiger partial charge is 0.477 e. The van der Waals surface area contributed by atoms with E-state index in [4.69, 9.17) is 9.47 Å². The van der Waals surface area contributed by atoms with Gasteiger partial charge in [-0.05, 0) is 42.2 Å². The molecule has 3 heterocycles. The first-order valence-corrected chi connectivity index (χ1v) is 9.33. The Morgan fingerprint density at radius 2 is 2.16 bits per heavy atom. The minimum atomic E-state index is -0.873. The van der Waals surface area contributed by atoms with Crippen molar-refractivity contribution in [1.82, 2.24) is 10.2 Å². The van der Waals surface area contributed by atoms with Gasteiger partial charge in [-0.25, -0.2) is 4.79 Å². The summed E-state index contributed by atoms with van der Waals surface area (Å²) in [5.74, 6) is 0.581. The molecule has 0 bridgehead atoms. The Bertz CT molecular complexity index is 1010. The zero-order chi connectivity index (χ0) is 17.0. The molecule has 0 unspecified atom stereocenters. The lowest BCUT2D eigenvalue weighted by molar-refractivity contribution is 0.0701. The number of aromatic amines is 1. The zero-order valence-electron chi connectivity index (χ0n) is 12.9. The van der Waals surface area contributed by atoms with Crippen molar-refractivity contribution in [1.29, 1.82) is 0 Å². The van der Waals surface area contributed by atoms with Gasteiger partial charge >= 0.3 is 5.97 Å². The van der Waals surface area contributed by atoms with Crippen LogP contribution in [0.15, 0.2) is 33.5 Å². The number of nitrogens with zero attached hydrogens (tertiary/aromatic N) is 1. The van der Waals surface area contributed by atoms with Gasteiger partial charge in [0.15, 0.2) is 11.5 Å². The quantitative estimate of drug-likeness (QED) is 0.727. The van der Waals surface area contributed by atoms with Crippen molar-refractivity contribution in [3.8, 4) is 22.8 Å². The maximum absolute atomic E-state index is 11.7.